The van der Waals surface area contributed by atoms with Gasteiger partial charge in [-0.1, -0.05) is 77.8 Å². The van der Waals surface area contributed by atoms with Crippen molar-refractivity contribution >= 4 is 117 Å². The van der Waals surface area contributed by atoms with Crippen molar-refractivity contribution in [1.29, 1.82) is 5.41 Å². The van der Waals surface area contributed by atoms with E-state index in [-0.39, 0.29) is 76.0 Å². The van der Waals surface area contributed by atoms with Gasteiger partial charge in [-0.3, -0.25) is 86.9 Å². The molecule has 0 aliphatic carbocycles. The molecule has 0 saturated carbocycles. The largest absolute Gasteiger partial charge is 0.508 e. The van der Waals surface area contributed by atoms with Gasteiger partial charge in [-0.05, 0) is 106 Å². The third-order valence-corrected chi connectivity index (χ3v) is 18.7. The van der Waals surface area contributed by atoms with Crippen LogP contribution in [-0.4, -0.2) is 225 Å². The van der Waals surface area contributed by atoms with Crippen LogP contribution in [0.2, 0.25) is 0 Å². The monoisotopic (exact) mass is 1640 g/mol. The Bertz CT molecular complexity index is 4130. The van der Waals surface area contributed by atoms with Crippen LogP contribution >= 0.6 is 0 Å². The second kappa shape index (κ2) is 47.8. The summed E-state index contributed by atoms with van der Waals surface area (Å²) in [6.45, 7) is 8.80. The lowest BCUT2D eigenvalue weighted by molar-refractivity contribution is -0.136. The predicted molar refractivity (Wildman–Crippen MR) is 423 cm³/mol. The van der Waals surface area contributed by atoms with E-state index in [0.717, 1.165) is 0 Å². The Hall–Kier alpha value is -12.8. The molecule has 1 aliphatic rings. The molecule has 12 atom stereocenters. The van der Waals surface area contributed by atoms with Gasteiger partial charge in [0.15, 0.2) is 5.96 Å². The summed E-state index contributed by atoms with van der Waals surface area (Å²) in [6.07, 6.45) is 3.68. The van der Waals surface area contributed by atoms with Gasteiger partial charge in [0.05, 0.1) is 37.6 Å². The van der Waals surface area contributed by atoms with Gasteiger partial charge in [0.1, 0.15) is 72.2 Å². The van der Waals surface area contributed by atoms with Crippen LogP contribution in [0.1, 0.15) is 142 Å². The molecule has 0 bridgehead atoms. The molecule has 2 aromatic heterocycles. The van der Waals surface area contributed by atoms with Gasteiger partial charge in [0.25, 0.3) is 0 Å². The molecule has 4 aromatic rings. The molecule has 117 heavy (non-hydrogen) atoms. The summed E-state index contributed by atoms with van der Waals surface area (Å²) in [6, 6.07) is -4.49. The maximum absolute atomic E-state index is 14.6. The minimum atomic E-state index is -1.92. The second-order valence-electron chi connectivity index (χ2n) is 29.2. The highest BCUT2D eigenvalue weighted by molar-refractivity contribution is 6.01. The van der Waals surface area contributed by atoms with Crippen molar-refractivity contribution in [3.63, 3.8) is 0 Å². The van der Waals surface area contributed by atoms with E-state index in [4.69, 9.17) is 34.1 Å². The number of benzene rings is 2. The van der Waals surface area contributed by atoms with E-state index in [9.17, 15) is 86.6 Å². The van der Waals surface area contributed by atoms with Crippen LogP contribution in [0, 0.1) is 17.2 Å². The Morgan fingerprint density at radius 1 is 0.521 bits per heavy atom. The van der Waals surface area contributed by atoms with Crippen LogP contribution < -0.4 is 108 Å². The molecule has 0 spiro atoms. The summed E-state index contributed by atoms with van der Waals surface area (Å²) in [5.74, 6) is -17.2. The summed E-state index contributed by atoms with van der Waals surface area (Å²) in [5.41, 5.74) is 29.3. The zero-order valence-electron chi connectivity index (χ0n) is 66.3. The fourth-order valence-corrected chi connectivity index (χ4v) is 12.4. The number of para-hydroxylation sites is 1. The highest BCUT2D eigenvalue weighted by Gasteiger charge is 2.37. The number of imidazole rings is 1. The lowest BCUT2D eigenvalue weighted by Gasteiger charge is -2.27. The molecule has 1 fully saturated rings. The standard InChI is InChI=1S/C75H112N24O18/c1-7-8-14-47(63(79)106)92-71(114)52(28-38(2)3)96-72(115)55(31-43-34-82-37-88-43)90-61(105)36-87-74(117)62(39(4)5)99-64(107)40(6)89-70(113)54(30-42-33-85-46-15-10-9-13-45(42)46)98-69(112)51(23-25-58(77)102)95-73(116)56(32-59(78)103)91-60(104)35-86-65(108)53(29-41-18-20-44(100)21-19-41)97-67(110)49(17-12-27-84-75(80)81)93-68(111)50(22-24-57(76)101)94-66(109)48-16-11-26-83-48/h9-10,13,15,18-21,33-34,37-40,47-56,62,83,85,100H,7-8,11-12,14,16-17,22-32,35-36H2,1-6H3,(H2,76,101)(H2,77,102)(H2,78,103)(H2,79,106)(H,82,88)(H,86,108)(H,87,117)(H,89,113)(H,90,105)(H,91,104)(H,92,114)(H,93,111)(H,94,109)(H,95,116)(H,96,115)(H,97,110)(H,98,112)(H,99,107)(H4,80,81,84)/t40-,47-,48-,49-,50-,51-,52-,53-,54-,55-,56-,62-/m0/s1. The van der Waals surface area contributed by atoms with E-state index in [0.29, 0.717) is 60.0 Å². The predicted octanol–water partition coefficient (Wildman–Crippen LogP) is -5.99. The van der Waals surface area contributed by atoms with Gasteiger partial charge in [-0.15, -0.1) is 0 Å². The maximum Gasteiger partial charge on any atom is 0.243 e. The quantitative estimate of drug-likeness (QED) is 0.0111. The average Bonchev–Trinajstić information content (AvgIpc) is 1.69. The molecular weight excluding hydrogens is 1520 g/mol. The van der Waals surface area contributed by atoms with Crippen molar-refractivity contribution < 1.29 is 86.6 Å². The molecule has 5 rings (SSSR count). The number of carbonyl (C=O) groups excluding carboxylic acids is 17. The Morgan fingerprint density at radius 2 is 1.04 bits per heavy atom. The number of nitrogens with zero attached hydrogens (tertiary/aromatic N) is 1. The number of aromatic hydroxyl groups is 1. The van der Waals surface area contributed by atoms with E-state index in [1.54, 1.807) is 44.3 Å². The van der Waals surface area contributed by atoms with Crippen molar-refractivity contribution in [1.82, 2.24) is 94.7 Å². The van der Waals surface area contributed by atoms with Crippen molar-refractivity contribution in [2.24, 2.45) is 40.5 Å². The first-order chi connectivity index (χ1) is 55.4. The zero-order chi connectivity index (χ0) is 86.6. The van der Waals surface area contributed by atoms with E-state index in [2.05, 4.69) is 94.7 Å². The molecular formula is C75H112N24O18. The molecule has 42 heteroatoms. The molecule has 640 valence electrons. The first-order valence-corrected chi connectivity index (χ1v) is 38.5. The molecule has 17 amide bonds. The average molecular weight is 1640 g/mol. The third kappa shape index (κ3) is 33.3. The number of aromatic nitrogens is 3. The van der Waals surface area contributed by atoms with E-state index in [1.165, 1.54) is 43.7 Å². The number of hydrogen-bond acceptors (Lipinski definition) is 21. The summed E-state index contributed by atoms with van der Waals surface area (Å²) >= 11 is 0. The maximum atomic E-state index is 14.6. The Balaban J connectivity index is 1.31. The van der Waals surface area contributed by atoms with Crippen LogP contribution in [0.25, 0.3) is 10.9 Å². The van der Waals surface area contributed by atoms with Crippen molar-refractivity contribution in [2.45, 2.75) is 217 Å². The van der Waals surface area contributed by atoms with Gasteiger partial charge in [0.2, 0.25) is 100 Å². The van der Waals surface area contributed by atoms with Gasteiger partial charge in [-0.2, -0.15) is 0 Å². The third-order valence-electron chi connectivity index (χ3n) is 18.7. The van der Waals surface area contributed by atoms with Crippen LogP contribution in [0.4, 0.5) is 0 Å². The number of H-pyrrole nitrogens is 2. The molecule has 3 heterocycles. The topological polar surface area (TPSA) is 689 Å². The van der Waals surface area contributed by atoms with Crippen LogP contribution in [-0.2, 0) is 101 Å². The van der Waals surface area contributed by atoms with Gasteiger partial charge in [-0.25, -0.2) is 4.98 Å². The number of amides is 17. The number of carbonyl (C=O) groups is 17. The van der Waals surface area contributed by atoms with Crippen molar-refractivity contribution in [3.05, 3.63) is 84.1 Å². The number of fused-ring (bicyclic) bond motifs is 1. The fourth-order valence-electron chi connectivity index (χ4n) is 12.4. The number of nitrogens with two attached hydrogens (primary N) is 5. The molecule has 0 unspecified atom stereocenters. The molecule has 0 radical (unpaired) electrons. The second-order valence-corrected chi connectivity index (χ2v) is 29.2. The smallest absolute Gasteiger partial charge is 0.243 e. The highest BCUT2D eigenvalue weighted by Crippen LogP contribution is 2.21. The number of aromatic amines is 2. The molecule has 29 N–H and O–H groups in total. The summed E-state index contributed by atoms with van der Waals surface area (Å²) in [7, 11) is 0. The molecule has 1 aliphatic heterocycles. The van der Waals surface area contributed by atoms with E-state index < -0.39 is 217 Å². The Kier molecular flexibility index (Phi) is 38.7. The van der Waals surface area contributed by atoms with Gasteiger partial charge < -0.3 is 123 Å². The Morgan fingerprint density at radius 3 is 1.60 bits per heavy atom. The minimum Gasteiger partial charge on any atom is -0.508 e. The number of unbranched alkanes of at least 4 members (excludes halogenated alkanes) is 1. The summed E-state index contributed by atoms with van der Waals surface area (Å²) < 4.78 is 0. The van der Waals surface area contributed by atoms with Crippen LogP contribution in [0.5, 0.6) is 5.75 Å². The van der Waals surface area contributed by atoms with Crippen LogP contribution in [0.3, 0.4) is 0 Å². The van der Waals surface area contributed by atoms with Crippen LogP contribution in [0.15, 0.2) is 67.3 Å². The summed E-state index contributed by atoms with van der Waals surface area (Å²) in [4.78, 5) is 242. The van der Waals surface area contributed by atoms with Gasteiger partial charge >= 0.3 is 0 Å². The molecule has 1 saturated heterocycles. The number of rotatable bonds is 51. The number of phenolic OH excluding ortho intramolecular Hbond substituents is 1. The van der Waals surface area contributed by atoms with Crippen molar-refractivity contribution in [3.8, 4) is 5.75 Å². The zero-order valence-corrected chi connectivity index (χ0v) is 66.3. The SMILES string of the molecule is CCCC[C@H](NC(=O)[C@H](CC(C)C)NC(=O)[C@H](Cc1c[nH]cn1)NC(=O)CNC(=O)[C@@H](NC(=O)[C@H](C)NC(=O)[C@H](Cc1c[nH]c2ccccc12)NC(=O)[C@H](CCC(N)=O)NC(=O)[C@H](CC(N)=O)NC(=O)CNC(=O)[C@H](Cc1ccc(O)cc1)NC(=O)[C@H](CCCNC(=N)N)NC(=O)[C@H](CCC(N)=O)NC(=O)[C@@H]1CCCN1)C(C)C)C(N)=O. The molecule has 2 aromatic carbocycles. The number of primary amides is 4. The first-order valence-electron chi connectivity index (χ1n) is 38.5. The number of phenols is 1. The fraction of sp³-hybridized carbons (Fsp3) is 0.533. The first kappa shape index (κ1) is 94.8. The number of hydrogen-bond donors (Lipinski definition) is 24. The minimum absolute atomic E-state index is 0.0319. The van der Waals surface area contributed by atoms with E-state index in [1.807, 2.05) is 20.8 Å². The normalized spacial score (nSPS) is 15.2. The lowest BCUT2D eigenvalue weighted by Crippen LogP contribution is -2.60. The number of guanidine groups is 1. The molecule has 42 nitrogen and oxygen atoms in total. The van der Waals surface area contributed by atoms with Crippen molar-refractivity contribution in [2.75, 3.05) is 26.2 Å². The van der Waals surface area contributed by atoms with E-state index >= 15 is 0 Å². The lowest BCUT2D eigenvalue weighted by atomic mass is 10.0. The highest BCUT2D eigenvalue weighted by atomic mass is 16.3. The number of nitrogens with one attached hydrogen (secondary N) is 18. The Labute approximate surface area is 674 Å². The van der Waals surface area contributed by atoms with Gasteiger partial charge in [0, 0.05) is 61.9 Å². The summed E-state index contributed by atoms with van der Waals surface area (Å²) in [5, 5.41) is 56.5.